The van der Waals surface area contributed by atoms with Gasteiger partial charge in [0.1, 0.15) is 6.04 Å². The number of amides is 1. The maximum absolute atomic E-state index is 10.4. The van der Waals surface area contributed by atoms with Crippen LogP contribution in [-0.4, -0.2) is 60.3 Å². The average Bonchev–Trinajstić information content (AvgIpc) is 2.52. The van der Waals surface area contributed by atoms with Gasteiger partial charge in [-0.1, -0.05) is 0 Å². The van der Waals surface area contributed by atoms with Crippen LogP contribution in [-0.2, 0) is 9.59 Å². The standard InChI is InChI=1S/C5H7NO3.C4H11NO/c7-4-2-1-3(6-4)5(8)9;1-5(2)3-4-6/h3H,1-2H2,(H,6,7)(H,8,9);6H,3-4H2,1-2H3. The van der Waals surface area contributed by atoms with E-state index in [1.807, 2.05) is 19.0 Å². The highest BCUT2D eigenvalue weighted by atomic mass is 16.4. The minimum atomic E-state index is -0.944. The van der Waals surface area contributed by atoms with Crippen molar-refractivity contribution in [3.63, 3.8) is 0 Å². The quantitative estimate of drug-likeness (QED) is 0.559. The Balaban J connectivity index is 0.000000288. The van der Waals surface area contributed by atoms with Crippen molar-refractivity contribution in [2.45, 2.75) is 18.9 Å². The molecule has 0 aromatic carbocycles. The normalized spacial score (nSPS) is 19.5. The van der Waals surface area contributed by atoms with Gasteiger partial charge in [0.25, 0.3) is 0 Å². The van der Waals surface area contributed by atoms with E-state index in [4.69, 9.17) is 10.2 Å². The fourth-order valence-electron chi connectivity index (χ4n) is 0.999. The van der Waals surface area contributed by atoms with Gasteiger partial charge in [0.2, 0.25) is 5.91 Å². The Morgan fingerprint density at radius 1 is 1.60 bits per heavy atom. The van der Waals surface area contributed by atoms with E-state index in [0.717, 1.165) is 6.54 Å². The third kappa shape index (κ3) is 6.87. The zero-order valence-corrected chi connectivity index (χ0v) is 9.06. The summed E-state index contributed by atoms with van der Waals surface area (Å²) in [6, 6.07) is -0.641. The highest BCUT2D eigenvalue weighted by Crippen LogP contribution is 2.05. The van der Waals surface area contributed by atoms with Gasteiger partial charge in [0.05, 0.1) is 6.61 Å². The molecule has 1 unspecified atom stereocenters. The molecule has 6 heteroatoms. The second-order valence-corrected chi connectivity index (χ2v) is 3.52. The molecule has 1 saturated heterocycles. The average molecular weight is 218 g/mol. The number of hydrogen-bond donors (Lipinski definition) is 3. The number of carboxylic acid groups (broad SMARTS) is 1. The van der Waals surface area contributed by atoms with Crippen LogP contribution in [0.4, 0.5) is 0 Å². The summed E-state index contributed by atoms with van der Waals surface area (Å²) in [4.78, 5) is 22.4. The first-order valence-corrected chi connectivity index (χ1v) is 4.75. The minimum absolute atomic E-state index is 0.164. The zero-order valence-electron chi connectivity index (χ0n) is 9.06. The second-order valence-electron chi connectivity index (χ2n) is 3.52. The molecule has 0 aromatic heterocycles. The van der Waals surface area contributed by atoms with Crippen molar-refractivity contribution in [2.24, 2.45) is 0 Å². The summed E-state index contributed by atoms with van der Waals surface area (Å²) in [6.07, 6.45) is 0.769. The number of carbonyl (C=O) groups excluding carboxylic acids is 1. The van der Waals surface area contributed by atoms with Gasteiger partial charge in [-0.15, -0.1) is 0 Å². The number of aliphatic carboxylic acids is 1. The molecule has 1 amide bonds. The highest BCUT2D eigenvalue weighted by molar-refractivity contribution is 5.87. The lowest BCUT2D eigenvalue weighted by atomic mass is 10.2. The van der Waals surface area contributed by atoms with Gasteiger partial charge in [-0.2, -0.15) is 0 Å². The Bertz CT molecular complexity index is 218. The van der Waals surface area contributed by atoms with Crippen LogP contribution in [0.3, 0.4) is 0 Å². The summed E-state index contributed by atoms with van der Waals surface area (Å²) in [5.41, 5.74) is 0. The summed E-state index contributed by atoms with van der Waals surface area (Å²) < 4.78 is 0. The molecule has 1 heterocycles. The van der Waals surface area contributed by atoms with E-state index >= 15 is 0 Å². The number of rotatable bonds is 3. The van der Waals surface area contributed by atoms with Gasteiger partial charge in [0.15, 0.2) is 0 Å². The van der Waals surface area contributed by atoms with Gasteiger partial charge >= 0.3 is 5.97 Å². The van der Waals surface area contributed by atoms with Crippen molar-refractivity contribution in [1.82, 2.24) is 10.2 Å². The highest BCUT2D eigenvalue weighted by Gasteiger charge is 2.26. The van der Waals surface area contributed by atoms with Gasteiger partial charge in [-0.25, -0.2) is 4.79 Å². The number of likely N-dealkylation sites (N-methyl/N-ethyl adjacent to an activating group) is 1. The maximum Gasteiger partial charge on any atom is 0.326 e. The molecule has 0 spiro atoms. The smallest absolute Gasteiger partial charge is 0.326 e. The Hall–Kier alpha value is -1.14. The molecular weight excluding hydrogens is 200 g/mol. The molecule has 88 valence electrons. The second kappa shape index (κ2) is 7.19. The van der Waals surface area contributed by atoms with Crippen LogP contribution in [0.15, 0.2) is 0 Å². The van der Waals surface area contributed by atoms with Crippen LogP contribution >= 0.6 is 0 Å². The van der Waals surface area contributed by atoms with E-state index in [1.54, 1.807) is 0 Å². The van der Waals surface area contributed by atoms with E-state index in [9.17, 15) is 9.59 Å². The summed E-state index contributed by atoms with van der Waals surface area (Å²) in [7, 11) is 3.85. The number of carbonyl (C=O) groups is 2. The molecular formula is C9H18N2O4. The number of aliphatic hydroxyl groups excluding tert-OH is 1. The van der Waals surface area contributed by atoms with Crippen LogP contribution < -0.4 is 5.32 Å². The summed E-state index contributed by atoms with van der Waals surface area (Å²) in [5, 5.41) is 18.8. The van der Waals surface area contributed by atoms with Crippen LogP contribution in [0.25, 0.3) is 0 Å². The topological polar surface area (TPSA) is 89.9 Å². The first-order chi connectivity index (χ1) is 6.97. The molecule has 0 radical (unpaired) electrons. The number of nitrogens with one attached hydrogen (secondary N) is 1. The predicted molar refractivity (Wildman–Crippen MR) is 54.4 cm³/mol. The van der Waals surface area contributed by atoms with Crippen molar-refractivity contribution in [1.29, 1.82) is 0 Å². The number of carboxylic acids is 1. The third-order valence-electron chi connectivity index (χ3n) is 1.84. The molecule has 1 fully saturated rings. The van der Waals surface area contributed by atoms with Crippen LogP contribution in [0.5, 0.6) is 0 Å². The fraction of sp³-hybridized carbons (Fsp3) is 0.778. The van der Waals surface area contributed by atoms with Gasteiger partial charge in [-0.3, -0.25) is 4.79 Å². The summed E-state index contributed by atoms with van der Waals surface area (Å²) in [5.74, 6) is -1.11. The van der Waals surface area contributed by atoms with E-state index in [-0.39, 0.29) is 12.5 Å². The van der Waals surface area contributed by atoms with Crippen LogP contribution in [0, 0.1) is 0 Å². The molecule has 1 rings (SSSR count). The zero-order chi connectivity index (χ0) is 11.8. The SMILES string of the molecule is CN(C)CCO.O=C1CCC(C(=O)O)N1. The van der Waals surface area contributed by atoms with Gasteiger partial charge in [-0.05, 0) is 20.5 Å². The molecule has 1 aliphatic heterocycles. The Labute approximate surface area is 88.9 Å². The molecule has 1 atom stereocenters. The fourth-order valence-corrected chi connectivity index (χ4v) is 0.999. The number of hydrogen-bond acceptors (Lipinski definition) is 4. The third-order valence-corrected chi connectivity index (χ3v) is 1.84. The Kier molecular flexibility index (Phi) is 6.64. The van der Waals surface area contributed by atoms with Gasteiger partial charge < -0.3 is 20.4 Å². The predicted octanol–water partition coefficient (Wildman–Crippen LogP) is -1.11. The molecule has 3 N–H and O–H groups in total. The lowest BCUT2D eigenvalue weighted by molar-refractivity contribution is -0.140. The number of nitrogens with zero attached hydrogens (tertiary/aromatic N) is 1. The monoisotopic (exact) mass is 218 g/mol. The van der Waals surface area contributed by atoms with E-state index < -0.39 is 12.0 Å². The van der Waals surface area contributed by atoms with E-state index in [2.05, 4.69) is 5.32 Å². The van der Waals surface area contributed by atoms with Crippen molar-refractivity contribution in [3.05, 3.63) is 0 Å². The maximum atomic E-state index is 10.4. The van der Waals surface area contributed by atoms with Crippen molar-refractivity contribution >= 4 is 11.9 Å². The molecule has 0 saturated carbocycles. The van der Waals surface area contributed by atoms with Crippen molar-refractivity contribution < 1.29 is 19.8 Å². The molecule has 1 aliphatic rings. The first kappa shape index (κ1) is 13.9. The van der Waals surface area contributed by atoms with E-state index in [0.29, 0.717) is 12.8 Å². The Morgan fingerprint density at radius 2 is 2.20 bits per heavy atom. The lowest BCUT2D eigenvalue weighted by Gasteiger charge is -2.03. The molecule has 6 nitrogen and oxygen atoms in total. The Morgan fingerprint density at radius 3 is 2.33 bits per heavy atom. The molecule has 0 aromatic rings. The lowest BCUT2D eigenvalue weighted by Crippen LogP contribution is -2.32. The summed E-state index contributed by atoms with van der Waals surface area (Å²) >= 11 is 0. The minimum Gasteiger partial charge on any atom is -0.480 e. The largest absolute Gasteiger partial charge is 0.480 e. The van der Waals surface area contributed by atoms with Crippen molar-refractivity contribution in [3.8, 4) is 0 Å². The number of aliphatic hydroxyl groups is 1. The molecule has 0 aliphatic carbocycles. The molecule has 15 heavy (non-hydrogen) atoms. The van der Waals surface area contributed by atoms with Crippen LogP contribution in [0.1, 0.15) is 12.8 Å². The molecule has 0 bridgehead atoms. The first-order valence-electron chi connectivity index (χ1n) is 4.75. The van der Waals surface area contributed by atoms with Crippen LogP contribution in [0.2, 0.25) is 0 Å². The van der Waals surface area contributed by atoms with Crippen molar-refractivity contribution in [2.75, 3.05) is 27.2 Å². The summed E-state index contributed by atoms with van der Waals surface area (Å²) in [6.45, 7) is 1.02. The van der Waals surface area contributed by atoms with E-state index in [1.165, 1.54) is 0 Å². The van der Waals surface area contributed by atoms with Gasteiger partial charge in [0, 0.05) is 13.0 Å².